The van der Waals surface area contributed by atoms with Crippen LogP contribution in [0.1, 0.15) is 18.9 Å². The molecule has 0 aliphatic heterocycles. The van der Waals surface area contributed by atoms with E-state index in [1.165, 1.54) is 0 Å². The highest BCUT2D eigenvalue weighted by atomic mass is 16.5. The molecule has 3 heteroatoms. The number of hydrogen-bond donors (Lipinski definition) is 0. The van der Waals surface area contributed by atoms with Gasteiger partial charge in [0.05, 0.1) is 19.8 Å². The molecule has 0 amide bonds. The molecule has 1 aliphatic rings. The summed E-state index contributed by atoms with van der Waals surface area (Å²) in [5, 5.41) is 0. The summed E-state index contributed by atoms with van der Waals surface area (Å²) in [4.78, 5) is 4.67. The van der Waals surface area contributed by atoms with Gasteiger partial charge in [-0.05, 0) is 37.6 Å². The summed E-state index contributed by atoms with van der Waals surface area (Å²) in [7, 11) is 3.35. The zero-order valence-electron chi connectivity index (χ0n) is 11.6. The standard InChI is InChI=1S/C16H19NO2/c1-16(10-8-14(18-2)9-11-16)17-12-13-6-4-5-7-15(13)19-3/h4-10,12H,11H2,1-3H3. The Morgan fingerprint density at radius 3 is 2.63 bits per heavy atom. The van der Waals surface area contributed by atoms with E-state index in [-0.39, 0.29) is 5.54 Å². The second-order valence-electron chi connectivity index (χ2n) is 4.71. The summed E-state index contributed by atoms with van der Waals surface area (Å²) in [5.41, 5.74) is 0.768. The molecule has 0 saturated heterocycles. The number of para-hydroxylation sites is 1. The van der Waals surface area contributed by atoms with Gasteiger partial charge in [0.25, 0.3) is 0 Å². The lowest BCUT2D eigenvalue weighted by molar-refractivity contribution is 0.300. The van der Waals surface area contributed by atoms with E-state index >= 15 is 0 Å². The molecule has 3 nitrogen and oxygen atoms in total. The van der Waals surface area contributed by atoms with Crippen molar-refractivity contribution in [2.24, 2.45) is 4.99 Å². The van der Waals surface area contributed by atoms with Crippen molar-refractivity contribution in [1.82, 2.24) is 0 Å². The molecule has 0 heterocycles. The number of hydrogen-bond acceptors (Lipinski definition) is 3. The summed E-state index contributed by atoms with van der Waals surface area (Å²) in [5.74, 6) is 1.73. The van der Waals surface area contributed by atoms with Crippen molar-refractivity contribution in [3.8, 4) is 5.75 Å². The first-order chi connectivity index (χ1) is 9.17. The first-order valence-electron chi connectivity index (χ1n) is 6.28. The molecule has 1 aromatic carbocycles. The molecule has 0 spiro atoms. The average molecular weight is 257 g/mol. The van der Waals surface area contributed by atoms with Crippen LogP contribution in [-0.2, 0) is 4.74 Å². The van der Waals surface area contributed by atoms with Gasteiger partial charge in [-0.3, -0.25) is 4.99 Å². The highest BCUT2D eigenvalue weighted by Crippen LogP contribution is 2.25. The van der Waals surface area contributed by atoms with Crippen LogP contribution in [0.2, 0.25) is 0 Å². The van der Waals surface area contributed by atoms with Gasteiger partial charge in [-0.1, -0.05) is 18.2 Å². The Balaban J connectivity index is 2.15. The SMILES string of the molecule is COC1=CCC(C)(N=Cc2ccccc2OC)C=C1. The van der Waals surface area contributed by atoms with Crippen molar-refractivity contribution >= 4 is 6.21 Å². The van der Waals surface area contributed by atoms with Crippen LogP contribution in [0.4, 0.5) is 0 Å². The minimum absolute atomic E-state index is 0.219. The van der Waals surface area contributed by atoms with Gasteiger partial charge in [-0.25, -0.2) is 0 Å². The Hall–Kier alpha value is -2.03. The molecule has 0 bridgehead atoms. The molecule has 1 unspecified atom stereocenters. The second kappa shape index (κ2) is 5.74. The van der Waals surface area contributed by atoms with Gasteiger partial charge in [0.2, 0.25) is 0 Å². The molecule has 1 atom stereocenters. The maximum Gasteiger partial charge on any atom is 0.127 e. The molecule has 0 N–H and O–H groups in total. The highest BCUT2D eigenvalue weighted by molar-refractivity contribution is 5.83. The van der Waals surface area contributed by atoms with E-state index in [0.29, 0.717) is 0 Å². The molecule has 2 rings (SSSR count). The number of methoxy groups -OCH3 is 2. The van der Waals surface area contributed by atoms with Crippen molar-refractivity contribution in [2.75, 3.05) is 14.2 Å². The summed E-state index contributed by atoms with van der Waals surface area (Å²) in [6.07, 6.45) is 8.79. The Bertz CT molecular complexity index is 531. The molecule has 1 aliphatic carbocycles. The fraction of sp³-hybridized carbons (Fsp3) is 0.312. The summed E-state index contributed by atoms with van der Waals surface area (Å²) < 4.78 is 10.5. The number of rotatable bonds is 4. The predicted molar refractivity (Wildman–Crippen MR) is 77.8 cm³/mol. The van der Waals surface area contributed by atoms with Crippen LogP contribution in [0, 0.1) is 0 Å². The van der Waals surface area contributed by atoms with Crippen LogP contribution in [0.15, 0.2) is 53.2 Å². The van der Waals surface area contributed by atoms with Crippen LogP contribution in [0.3, 0.4) is 0 Å². The zero-order chi connectivity index (χ0) is 13.7. The minimum Gasteiger partial charge on any atom is -0.497 e. The maximum absolute atomic E-state index is 5.31. The Labute approximate surface area is 114 Å². The number of nitrogens with zero attached hydrogens (tertiary/aromatic N) is 1. The monoisotopic (exact) mass is 257 g/mol. The van der Waals surface area contributed by atoms with Crippen molar-refractivity contribution in [3.05, 3.63) is 53.8 Å². The maximum atomic E-state index is 5.31. The van der Waals surface area contributed by atoms with E-state index in [2.05, 4.69) is 24.1 Å². The molecule has 1 aromatic rings. The lowest BCUT2D eigenvalue weighted by Gasteiger charge is -2.23. The minimum atomic E-state index is -0.219. The Kier molecular flexibility index (Phi) is 4.05. The normalized spacial score (nSPS) is 22.4. The van der Waals surface area contributed by atoms with Gasteiger partial charge in [0, 0.05) is 11.8 Å². The van der Waals surface area contributed by atoms with Gasteiger partial charge < -0.3 is 9.47 Å². The second-order valence-corrected chi connectivity index (χ2v) is 4.71. The molecule has 19 heavy (non-hydrogen) atoms. The van der Waals surface area contributed by atoms with E-state index < -0.39 is 0 Å². The lowest BCUT2D eigenvalue weighted by Crippen LogP contribution is -2.20. The van der Waals surface area contributed by atoms with Crippen LogP contribution < -0.4 is 4.74 Å². The average Bonchev–Trinajstić information content (AvgIpc) is 2.46. The molecule has 0 radical (unpaired) electrons. The van der Waals surface area contributed by atoms with Crippen molar-refractivity contribution in [2.45, 2.75) is 18.9 Å². The van der Waals surface area contributed by atoms with E-state index in [1.807, 2.05) is 36.6 Å². The highest BCUT2D eigenvalue weighted by Gasteiger charge is 2.21. The van der Waals surface area contributed by atoms with Crippen LogP contribution in [0.25, 0.3) is 0 Å². The zero-order valence-corrected chi connectivity index (χ0v) is 11.6. The molecular weight excluding hydrogens is 238 g/mol. The van der Waals surface area contributed by atoms with Gasteiger partial charge in [-0.2, -0.15) is 0 Å². The topological polar surface area (TPSA) is 30.8 Å². The third-order valence-corrected chi connectivity index (χ3v) is 3.20. The molecular formula is C16H19NO2. The van der Waals surface area contributed by atoms with Gasteiger partial charge in [-0.15, -0.1) is 0 Å². The van der Waals surface area contributed by atoms with Crippen molar-refractivity contribution in [1.29, 1.82) is 0 Å². The van der Waals surface area contributed by atoms with Gasteiger partial charge in [0.15, 0.2) is 0 Å². The fourth-order valence-corrected chi connectivity index (χ4v) is 1.94. The summed E-state index contributed by atoms with van der Waals surface area (Å²) in [6.45, 7) is 2.10. The Morgan fingerprint density at radius 1 is 1.21 bits per heavy atom. The van der Waals surface area contributed by atoms with Gasteiger partial charge in [0.1, 0.15) is 11.5 Å². The van der Waals surface area contributed by atoms with E-state index in [4.69, 9.17) is 9.47 Å². The lowest BCUT2D eigenvalue weighted by atomic mass is 9.93. The first-order valence-corrected chi connectivity index (χ1v) is 6.28. The number of aliphatic imine (C=N–C) groups is 1. The van der Waals surface area contributed by atoms with E-state index in [0.717, 1.165) is 23.5 Å². The summed E-state index contributed by atoms with van der Waals surface area (Å²) >= 11 is 0. The quantitative estimate of drug-likeness (QED) is 0.774. The third kappa shape index (κ3) is 3.25. The molecule has 100 valence electrons. The number of benzene rings is 1. The first kappa shape index (κ1) is 13.4. The molecule has 0 saturated carbocycles. The molecule has 0 aromatic heterocycles. The van der Waals surface area contributed by atoms with Crippen molar-refractivity contribution < 1.29 is 9.47 Å². The van der Waals surface area contributed by atoms with Crippen LogP contribution in [0.5, 0.6) is 5.75 Å². The predicted octanol–water partition coefficient (Wildman–Crippen LogP) is 3.36. The third-order valence-electron chi connectivity index (χ3n) is 3.20. The van der Waals surface area contributed by atoms with Crippen molar-refractivity contribution in [3.63, 3.8) is 0 Å². The van der Waals surface area contributed by atoms with Gasteiger partial charge >= 0.3 is 0 Å². The van der Waals surface area contributed by atoms with Crippen LogP contribution in [-0.4, -0.2) is 26.0 Å². The molecule has 0 fully saturated rings. The Morgan fingerprint density at radius 2 is 2.00 bits per heavy atom. The van der Waals surface area contributed by atoms with E-state index in [9.17, 15) is 0 Å². The number of allylic oxidation sites excluding steroid dienone is 1. The number of ether oxygens (including phenoxy) is 2. The van der Waals surface area contributed by atoms with E-state index in [1.54, 1.807) is 14.2 Å². The summed E-state index contributed by atoms with van der Waals surface area (Å²) in [6, 6.07) is 7.86. The smallest absolute Gasteiger partial charge is 0.127 e. The van der Waals surface area contributed by atoms with Crippen LogP contribution >= 0.6 is 0 Å². The fourth-order valence-electron chi connectivity index (χ4n) is 1.94. The largest absolute Gasteiger partial charge is 0.497 e.